The van der Waals surface area contributed by atoms with Crippen molar-refractivity contribution in [2.45, 2.75) is 43.9 Å². The molecular formula is C13H22N2O3S2. The summed E-state index contributed by atoms with van der Waals surface area (Å²) in [7, 11) is -3.63. The highest BCUT2D eigenvalue weighted by atomic mass is 32.2. The standard InChI is InChI=1S/C13H22N2O3S2/c1-4-5-8-14-13(16)12(10(2)3)15-20(17,18)11-7-6-9-19-11/h6-7,9-10,12,15H,4-5,8H2,1-3H3,(H,14,16)/t12-/m1/s1. The van der Waals surface area contributed by atoms with Gasteiger partial charge in [0.2, 0.25) is 5.91 Å². The fourth-order valence-electron chi connectivity index (χ4n) is 1.63. The van der Waals surface area contributed by atoms with Crippen LogP contribution in [0, 0.1) is 5.92 Å². The molecule has 0 spiro atoms. The number of hydrogen-bond acceptors (Lipinski definition) is 4. The Bertz CT molecular complexity index is 510. The molecule has 20 heavy (non-hydrogen) atoms. The van der Waals surface area contributed by atoms with Gasteiger partial charge >= 0.3 is 0 Å². The van der Waals surface area contributed by atoms with Crippen LogP contribution in [0.25, 0.3) is 0 Å². The summed E-state index contributed by atoms with van der Waals surface area (Å²) in [6, 6.07) is 2.45. The molecule has 0 aliphatic heterocycles. The van der Waals surface area contributed by atoms with E-state index in [0.717, 1.165) is 24.2 Å². The second-order valence-corrected chi connectivity index (χ2v) is 7.81. The first-order chi connectivity index (χ1) is 9.38. The first kappa shape index (κ1) is 17.1. The molecule has 0 unspecified atom stereocenters. The lowest BCUT2D eigenvalue weighted by molar-refractivity contribution is -0.123. The summed E-state index contributed by atoms with van der Waals surface area (Å²) in [5, 5.41) is 4.47. The van der Waals surface area contributed by atoms with Gasteiger partial charge in [0.25, 0.3) is 10.0 Å². The van der Waals surface area contributed by atoms with Crippen LogP contribution in [0.3, 0.4) is 0 Å². The summed E-state index contributed by atoms with van der Waals surface area (Å²) in [6.07, 6.45) is 1.86. The number of carbonyl (C=O) groups excluding carboxylic acids is 1. The third kappa shape index (κ3) is 4.88. The average molecular weight is 318 g/mol. The summed E-state index contributed by atoms with van der Waals surface area (Å²) < 4.78 is 27.0. The molecule has 1 aromatic heterocycles. The van der Waals surface area contributed by atoms with Gasteiger partial charge in [-0.2, -0.15) is 4.72 Å². The molecule has 1 heterocycles. The van der Waals surface area contributed by atoms with E-state index in [1.54, 1.807) is 11.4 Å². The van der Waals surface area contributed by atoms with E-state index in [4.69, 9.17) is 0 Å². The van der Waals surface area contributed by atoms with Gasteiger partial charge in [-0.1, -0.05) is 33.3 Å². The van der Waals surface area contributed by atoms with E-state index in [1.807, 2.05) is 20.8 Å². The summed E-state index contributed by atoms with van der Waals surface area (Å²) >= 11 is 1.13. The van der Waals surface area contributed by atoms with Crippen LogP contribution in [-0.4, -0.2) is 26.9 Å². The Labute approximate surface area is 124 Å². The minimum absolute atomic E-state index is 0.119. The maximum Gasteiger partial charge on any atom is 0.250 e. The first-order valence-electron chi connectivity index (χ1n) is 6.72. The molecule has 0 aliphatic carbocycles. The van der Waals surface area contributed by atoms with E-state index in [1.165, 1.54) is 6.07 Å². The molecule has 0 fully saturated rings. The van der Waals surface area contributed by atoms with Gasteiger partial charge in [-0.15, -0.1) is 11.3 Å². The molecule has 0 aromatic carbocycles. The number of nitrogens with one attached hydrogen (secondary N) is 2. The lowest BCUT2D eigenvalue weighted by atomic mass is 10.1. The molecule has 1 atom stereocenters. The minimum Gasteiger partial charge on any atom is -0.355 e. The molecule has 0 saturated heterocycles. The number of thiophene rings is 1. The summed E-state index contributed by atoms with van der Waals surface area (Å²) in [5.41, 5.74) is 0. The average Bonchev–Trinajstić information content (AvgIpc) is 2.90. The van der Waals surface area contributed by atoms with Gasteiger partial charge in [-0.25, -0.2) is 8.42 Å². The number of rotatable bonds is 8. The third-order valence-electron chi connectivity index (χ3n) is 2.82. The fourth-order valence-corrected chi connectivity index (χ4v) is 3.99. The zero-order chi connectivity index (χ0) is 15.2. The molecule has 0 saturated carbocycles. The van der Waals surface area contributed by atoms with Gasteiger partial charge in [-0.3, -0.25) is 4.79 Å². The number of hydrogen-bond donors (Lipinski definition) is 2. The Hall–Kier alpha value is -0.920. The van der Waals surface area contributed by atoms with Gasteiger partial charge in [0.05, 0.1) is 0 Å². The van der Waals surface area contributed by atoms with Crippen molar-refractivity contribution in [3.8, 4) is 0 Å². The number of amides is 1. The van der Waals surface area contributed by atoms with Crippen LogP contribution in [0.4, 0.5) is 0 Å². The van der Waals surface area contributed by atoms with E-state index in [-0.39, 0.29) is 16.0 Å². The Kier molecular flexibility index (Phi) is 6.64. The highest BCUT2D eigenvalue weighted by molar-refractivity contribution is 7.91. The van der Waals surface area contributed by atoms with Crippen molar-refractivity contribution in [2.24, 2.45) is 5.92 Å². The summed E-state index contributed by atoms with van der Waals surface area (Å²) in [5.74, 6) is -0.389. The highest BCUT2D eigenvalue weighted by Crippen LogP contribution is 2.17. The van der Waals surface area contributed by atoms with Gasteiger partial charge < -0.3 is 5.32 Å². The normalized spacial score (nSPS) is 13.4. The lowest BCUT2D eigenvalue weighted by Crippen LogP contribution is -2.49. The molecule has 5 nitrogen and oxygen atoms in total. The van der Waals surface area contributed by atoms with Crippen LogP contribution >= 0.6 is 11.3 Å². The van der Waals surface area contributed by atoms with Gasteiger partial charge in [0, 0.05) is 6.54 Å². The number of sulfonamides is 1. The topological polar surface area (TPSA) is 75.3 Å². The zero-order valence-electron chi connectivity index (χ0n) is 12.0. The Balaban J connectivity index is 2.75. The van der Waals surface area contributed by atoms with Crippen molar-refractivity contribution in [2.75, 3.05) is 6.54 Å². The van der Waals surface area contributed by atoms with Crippen LogP contribution in [0.1, 0.15) is 33.6 Å². The molecule has 7 heteroatoms. The largest absolute Gasteiger partial charge is 0.355 e. The van der Waals surface area contributed by atoms with Gasteiger partial charge in [-0.05, 0) is 23.8 Å². The predicted octanol–water partition coefficient (Wildman–Crippen LogP) is 1.97. The van der Waals surface area contributed by atoms with E-state index >= 15 is 0 Å². The van der Waals surface area contributed by atoms with E-state index in [2.05, 4.69) is 10.0 Å². The molecule has 1 amide bonds. The molecular weight excluding hydrogens is 296 g/mol. The van der Waals surface area contributed by atoms with Crippen molar-refractivity contribution in [1.29, 1.82) is 0 Å². The van der Waals surface area contributed by atoms with Crippen molar-refractivity contribution in [3.63, 3.8) is 0 Å². The predicted molar refractivity (Wildman–Crippen MR) is 81.2 cm³/mol. The van der Waals surface area contributed by atoms with Crippen molar-refractivity contribution < 1.29 is 13.2 Å². The van der Waals surface area contributed by atoms with Gasteiger partial charge in [0.1, 0.15) is 10.3 Å². The first-order valence-corrected chi connectivity index (χ1v) is 9.08. The van der Waals surface area contributed by atoms with Crippen LogP contribution < -0.4 is 10.0 Å². The van der Waals surface area contributed by atoms with E-state index in [0.29, 0.717) is 6.54 Å². The minimum atomic E-state index is -3.63. The highest BCUT2D eigenvalue weighted by Gasteiger charge is 2.28. The van der Waals surface area contributed by atoms with Crippen molar-refractivity contribution in [3.05, 3.63) is 17.5 Å². The number of carbonyl (C=O) groups is 1. The fraction of sp³-hybridized carbons (Fsp3) is 0.615. The Morgan fingerprint density at radius 3 is 2.60 bits per heavy atom. The lowest BCUT2D eigenvalue weighted by Gasteiger charge is -2.21. The molecule has 114 valence electrons. The van der Waals surface area contributed by atoms with Crippen LogP contribution in [0.2, 0.25) is 0 Å². The van der Waals surface area contributed by atoms with Crippen molar-refractivity contribution >= 4 is 27.3 Å². The Morgan fingerprint density at radius 2 is 2.10 bits per heavy atom. The molecule has 1 aromatic rings. The smallest absolute Gasteiger partial charge is 0.250 e. The second-order valence-electron chi connectivity index (χ2n) is 4.92. The van der Waals surface area contributed by atoms with Crippen LogP contribution in [0.15, 0.2) is 21.7 Å². The zero-order valence-corrected chi connectivity index (χ0v) is 13.7. The second kappa shape index (κ2) is 7.75. The third-order valence-corrected chi connectivity index (χ3v) is 5.66. The SMILES string of the molecule is CCCCNC(=O)[C@H](NS(=O)(=O)c1cccs1)C(C)C. The molecule has 1 rings (SSSR count). The molecule has 0 bridgehead atoms. The summed E-state index contributed by atoms with van der Waals surface area (Å²) in [6.45, 7) is 6.24. The van der Waals surface area contributed by atoms with E-state index < -0.39 is 16.1 Å². The molecule has 0 radical (unpaired) electrons. The van der Waals surface area contributed by atoms with Gasteiger partial charge in [0.15, 0.2) is 0 Å². The number of unbranched alkanes of at least 4 members (excludes halogenated alkanes) is 1. The van der Waals surface area contributed by atoms with Crippen LogP contribution in [0.5, 0.6) is 0 Å². The maximum atomic E-state index is 12.2. The van der Waals surface area contributed by atoms with E-state index in [9.17, 15) is 13.2 Å². The quantitative estimate of drug-likeness (QED) is 0.720. The maximum absolute atomic E-state index is 12.2. The molecule has 0 aliphatic rings. The Morgan fingerprint density at radius 1 is 1.40 bits per heavy atom. The van der Waals surface area contributed by atoms with Crippen LogP contribution in [-0.2, 0) is 14.8 Å². The molecule has 2 N–H and O–H groups in total. The van der Waals surface area contributed by atoms with Crippen molar-refractivity contribution in [1.82, 2.24) is 10.0 Å². The summed E-state index contributed by atoms with van der Waals surface area (Å²) in [4.78, 5) is 12.1. The monoisotopic (exact) mass is 318 g/mol.